The second-order valence-corrected chi connectivity index (χ2v) is 11.7. The van der Waals surface area contributed by atoms with Crippen molar-refractivity contribution >= 4 is 52.2 Å². The number of hydrogen-bond donors (Lipinski definition) is 4. The normalized spacial score (nSPS) is 24.0. The van der Waals surface area contributed by atoms with Crippen LogP contribution in [0.4, 0.5) is 10.6 Å². The molecule has 13 nitrogen and oxygen atoms in total. The number of aliphatic hydroxyl groups is 2. The molecule has 5 N–H and O–H groups in total. The minimum atomic E-state index is -1.43. The molecule has 15 heteroatoms. The molecule has 2 aliphatic heterocycles. The molecule has 2 amide bonds. The topological polar surface area (TPSA) is 178 Å². The molecular formula is C28H29Cl2N7O6. The molecular weight excluding hydrogens is 601 g/mol. The lowest BCUT2D eigenvalue weighted by Crippen LogP contribution is -2.43. The van der Waals surface area contributed by atoms with Crippen LogP contribution in [0.25, 0.3) is 11.2 Å². The fraction of sp³-hybridized carbons (Fsp3) is 0.464. The molecule has 0 radical (unpaired) electrons. The van der Waals surface area contributed by atoms with Gasteiger partial charge < -0.3 is 35.6 Å². The number of likely N-dealkylation sites (tertiary alicyclic amines) is 1. The van der Waals surface area contributed by atoms with Crippen molar-refractivity contribution in [2.75, 3.05) is 18.8 Å². The zero-order valence-corrected chi connectivity index (χ0v) is 24.3. The number of amides is 2. The van der Waals surface area contributed by atoms with Crippen molar-refractivity contribution < 1.29 is 29.3 Å². The molecule has 3 fully saturated rings. The van der Waals surface area contributed by atoms with Crippen molar-refractivity contribution in [3.63, 3.8) is 0 Å². The van der Waals surface area contributed by atoms with E-state index in [4.69, 9.17) is 38.4 Å². The molecule has 1 saturated carbocycles. The number of nitrogens with one attached hydrogen (secondary N) is 1. The fourth-order valence-electron chi connectivity index (χ4n) is 5.10. The average Bonchev–Trinajstić information content (AvgIpc) is 3.62. The van der Waals surface area contributed by atoms with Crippen LogP contribution in [0.3, 0.4) is 0 Å². The summed E-state index contributed by atoms with van der Waals surface area (Å²) >= 11 is 11.9. The Morgan fingerprint density at radius 2 is 1.88 bits per heavy atom. The highest BCUT2D eigenvalue weighted by Crippen LogP contribution is 2.33. The van der Waals surface area contributed by atoms with Crippen LogP contribution >= 0.6 is 23.2 Å². The van der Waals surface area contributed by atoms with E-state index in [2.05, 4.69) is 32.1 Å². The second-order valence-electron chi connectivity index (χ2n) is 10.8. The summed E-state index contributed by atoms with van der Waals surface area (Å²) in [6.45, 7) is 1.05. The van der Waals surface area contributed by atoms with Crippen LogP contribution < -0.4 is 15.8 Å². The standard InChI is InChI=1S/C28H29Cl2N7O6/c29-17-7-6-16(12-18(17)30)42-28(41)36-10-8-14(9-11-36)2-1-3-19-34-24(31)20-25(35-19)37(13-32-20)27-22(39)21(38)23(43-27)26(40)33-15-4-5-15/h6-7,12-15,21-23,27,38-39H,2,4-5,8-11H2,(H,33,40)(H2,31,34,35)/t21-,22?,23+,27-/m1/s1. The smallest absolute Gasteiger partial charge is 0.410 e. The van der Waals surface area contributed by atoms with Gasteiger partial charge in [0.25, 0.3) is 5.91 Å². The number of nitrogens with zero attached hydrogens (tertiary/aromatic N) is 5. The Bertz CT molecular complexity index is 1610. The van der Waals surface area contributed by atoms with Crippen molar-refractivity contribution in [2.24, 2.45) is 5.92 Å². The first kappa shape index (κ1) is 29.4. The number of carbonyl (C=O) groups is 2. The van der Waals surface area contributed by atoms with Gasteiger partial charge >= 0.3 is 6.09 Å². The zero-order chi connectivity index (χ0) is 30.2. The zero-order valence-electron chi connectivity index (χ0n) is 22.8. The van der Waals surface area contributed by atoms with Gasteiger partial charge in [-0.25, -0.2) is 19.7 Å². The molecule has 43 heavy (non-hydrogen) atoms. The van der Waals surface area contributed by atoms with Gasteiger partial charge in [-0.15, -0.1) is 0 Å². The maximum Gasteiger partial charge on any atom is 0.415 e. The molecule has 3 aliphatic rings. The van der Waals surface area contributed by atoms with E-state index < -0.39 is 36.5 Å². The van der Waals surface area contributed by atoms with Crippen LogP contribution in [0.15, 0.2) is 24.5 Å². The Hall–Kier alpha value is -3.67. The third-order valence-electron chi connectivity index (χ3n) is 7.70. The Kier molecular flexibility index (Phi) is 8.30. The fourth-order valence-corrected chi connectivity index (χ4v) is 5.39. The van der Waals surface area contributed by atoms with Gasteiger partial charge in [-0.2, -0.15) is 0 Å². The third-order valence-corrected chi connectivity index (χ3v) is 8.44. The van der Waals surface area contributed by atoms with Gasteiger partial charge in [0.2, 0.25) is 5.82 Å². The molecule has 1 unspecified atom stereocenters. The number of nitrogens with two attached hydrogens (primary N) is 1. The number of aliphatic hydroxyl groups excluding tert-OH is 2. The first-order chi connectivity index (χ1) is 20.7. The summed E-state index contributed by atoms with van der Waals surface area (Å²) in [5.74, 6) is 6.42. The number of nitrogen functional groups attached to an aromatic ring is 1. The van der Waals surface area contributed by atoms with Gasteiger partial charge in [0.15, 0.2) is 23.8 Å². The maximum atomic E-state index is 12.5. The molecule has 4 heterocycles. The lowest BCUT2D eigenvalue weighted by molar-refractivity contribution is -0.137. The van der Waals surface area contributed by atoms with Crippen LogP contribution in [0, 0.1) is 17.8 Å². The lowest BCUT2D eigenvalue weighted by atomic mass is 9.94. The van der Waals surface area contributed by atoms with Gasteiger partial charge in [0.05, 0.1) is 16.4 Å². The highest BCUT2D eigenvalue weighted by molar-refractivity contribution is 6.42. The average molecular weight is 630 g/mol. The van der Waals surface area contributed by atoms with E-state index in [-0.39, 0.29) is 34.8 Å². The molecule has 6 rings (SSSR count). The van der Waals surface area contributed by atoms with E-state index in [1.807, 2.05) is 0 Å². The van der Waals surface area contributed by atoms with E-state index in [0.717, 1.165) is 25.7 Å². The number of piperidine rings is 1. The Labute approximate surface area is 256 Å². The number of carbonyl (C=O) groups excluding carboxylic acids is 2. The number of anilines is 1. The predicted octanol–water partition coefficient (Wildman–Crippen LogP) is 2.27. The largest absolute Gasteiger partial charge is 0.415 e. The molecule has 1 aliphatic carbocycles. The minimum Gasteiger partial charge on any atom is -0.410 e. The van der Waals surface area contributed by atoms with Gasteiger partial charge in [0, 0.05) is 31.6 Å². The second kappa shape index (κ2) is 12.1. The van der Waals surface area contributed by atoms with Crippen molar-refractivity contribution in [3.8, 4) is 17.6 Å². The van der Waals surface area contributed by atoms with Crippen LogP contribution in [0.1, 0.15) is 44.2 Å². The molecule has 2 aromatic heterocycles. The molecule has 2 saturated heterocycles. The minimum absolute atomic E-state index is 0.0754. The van der Waals surface area contributed by atoms with E-state index in [1.54, 1.807) is 17.0 Å². The highest BCUT2D eigenvalue weighted by Gasteiger charge is 2.48. The summed E-state index contributed by atoms with van der Waals surface area (Å²) in [6.07, 6.45) is -0.448. The van der Waals surface area contributed by atoms with Gasteiger partial charge in [-0.05, 0) is 49.7 Å². The van der Waals surface area contributed by atoms with Crippen LogP contribution in [0.2, 0.25) is 10.0 Å². The number of hydrogen-bond acceptors (Lipinski definition) is 10. The molecule has 226 valence electrons. The Balaban J connectivity index is 1.07. The maximum absolute atomic E-state index is 12.5. The highest BCUT2D eigenvalue weighted by atomic mass is 35.5. The van der Waals surface area contributed by atoms with E-state index in [1.165, 1.54) is 17.0 Å². The number of rotatable bonds is 5. The van der Waals surface area contributed by atoms with Crippen molar-refractivity contribution in [2.45, 2.75) is 62.7 Å². The summed E-state index contributed by atoms with van der Waals surface area (Å²) < 4.78 is 12.6. The monoisotopic (exact) mass is 629 g/mol. The van der Waals surface area contributed by atoms with Gasteiger partial charge in [-0.1, -0.05) is 29.1 Å². The van der Waals surface area contributed by atoms with Crippen molar-refractivity contribution in [3.05, 3.63) is 40.4 Å². The lowest BCUT2D eigenvalue weighted by Gasteiger charge is -2.30. The summed E-state index contributed by atoms with van der Waals surface area (Å²) in [5, 5.41) is 24.6. The molecule has 1 aromatic carbocycles. The summed E-state index contributed by atoms with van der Waals surface area (Å²) in [4.78, 5) is 39.6. The van der Waals surface area contributed by atoms with Crippen molar-refractivity contribution in [1.82, 2.24) is 29.7 Å². The SMILES string of the molecule is Nc1nc(C#CCC2CCN(C(=O)Oc3ccc(Cl)c(Cl)c3)CC2)nc2c1ncn2[C@@H]1O[C@H](C(=O)NC2CC2)[C@H](O)C1O. The van der Waals surface area contributed by atoms with Crippen LogP contribution in [0.5, 0.6) is 5.75 Å². The number of halogens is 2. The number of ether oxygens (including phenoxy) is 2. The van der Waals surface area contributed by atoms with E-state index in [0.29, 0.717) is 35.3 Å². The number of fused-ring (bicyclic) bond motifs is 1. The summed E-state index contributed by atoms with van der Waals surface area (Å²) in [5.41, 5.74) is 6.66. The molecule has 4 atom stereocenters. The number of imidazole rings is 1. The van der Waals surface area contributed by atoms with Gasteiger partial charge in [-0.3, -0.25) is 9.36 Å². The molecule has 0 bridgehead atoms. The van der Waals surface area contributed by atoms with E-state index in [9.17, 15) is 19.8 Å². The third kappa shape index (κ3) is 6.34. The number of aromatic nitrogens is 4. The van der Waals surface area contributed by atoms with Crippen LogP contribution in [-0.2, 0) is 9.53 Å². The predicted molar refractivity (Wildman–Crippen MR) is 155 cm³/mol. The van der Waals surface area contributed by atoms with Crippen LogP contribution in [-0.4, -0.2) is 84.1 Å². The Morgan fingerprint density at radius 3 is 2.60 bits per heavy atom. The van der Waals surface area contributed by atoms with Gasteiger partial charge in [0.1, 0.15) is 23.5 Å². The Morgan fingerprint density at radius 1 is 1.12 bits per heavy atom. The number of benzene rings is 1. The molecule has 0 spiro atoms. The first-order valence-corrected chi connectivity index (χ1v) is 14.7. The first-order valence-electron chi connectivity index (χ1n) is 13.9. The summed E-state index contributed by atoms with van der Waals surface area (Å²) in [6, 6.07) is 4.74. The molecule has 3 aromatic rings. The van der Waals surface area contributed by atoms with E-state index >= 15 is 0 Å². The van der Waals surface area contributed by atoms with Crippen molar-refractivity contribution in [1.29, 1.82) is 0 Å². The quantitative estimate of drug-likeness (QED) is 0.306. The summed E-state index contributed by atoms with van der Waals surface area (Å²) in [7, 11) is 0.